The van der Waals surface area contributed by atoms with Crippen LogP contribution < -0.4 is 15.4 Å². The minimum absolute atomic E-state index is 0.205. The fraction of sp³-hybridized carbons (Fsp3) is 0.278. The molecule has 0 aliphatic heterocycles. The van der Waals surface area contributed by atoms with E-state index in [0.717, 1.165) is 23.4 Å². The number of nitrogens with one attached hydrogen (secondary N) is 2. The van der Waals surface area contributed by atoms with E-state index in [1.54, 1.807) is 7.11 Å². The van der Waals surface area contributed by atoms with Crippen molar-refractivity contribution in [1.82, 2.24) is 5.32 Å². The summed E-state index contributed by atoms with van der Waals surface area (Å²) >= 11 is 0. The van der Waals surface area contributed by atoms with Gasteiger partial charge in [0.2, 0.25) is 5.91 Å². The molecular weight excluding hydrogens is 333 g/mol. The zero-order valence-electron chi connectivity index (χ0n) is 13.7. The van der Waals surface area contributed by atoms with Gasteiger partial charge in [-0.3, -0.25) is 4.79 Å². The summed E-state index contributed by atoms with van der Waals surface area (Å²) in [5.74, 6) is 0.497. The molecule has 0 heterocycles. The number of halogens is 3. The Morgan fingerprint density at radius 1 is 1.08 bits per heavy atom. The van der Waals surface area contributed by atoms with E-state index in [1.165, 1.54) is 12.1 Å². The SMILES string of the molecule is COc1ccccc1CNCCC(=O)Nc1ccc(C(F)(F)F)cc1. The number of para-hydroxylation sites is 1. The topological polar surface area (TPSA) is 50.4 Å². The van der Waals surface area contributed by atoms with Crippen molar-refractivity contribution in [1.29, 1.82) is 0 Å². The number of hydrogen-bond acceptors (Lipinski definition) is 3. The molecule has 2 aromatic rings. The number of alkyl halides is 3. The molecule has 0 saturated heterocycles. The summed E-state index contributed by atoms with van der Waals surface area (Å²) in [6.45, 7) is 0.988. The van der Waals surface area contributed by atoms with Crippen molar-refractivity contribution < 1.29 is 22.7 Å². The number of benzene rings is 2. The first-order valence-corrected chi connectivity index (χ1v) is 7.70. The Labute approximate surface area is 144 Å². The van der Waals surface area contributed by atoms with Crippen LogP contribution in [0, 0.1) is 0 Å². The second kappa shape index (κ2) is 8.53. The summed E-state index contributed by atoms with van der Waals surface area (Å²) in [6, 6.07) is 11.9. The quantitative estimate of drug-likeness (QED) is 0.745. The molecule has 0 radical (unpaired) electrons. The lowest BCUT2D eigenvalue weighted by Crippen LogP contribution is -2.21. The normalized spacial score (nSPS) is 11.2. The minimum atomic E-state index is -4.38. The predicted octanol–water partition coefficient (Wildman–Crippen LogP) is 3.83. The van der Waals surface area contributed by atoms with Gasteiger partial charge in [0.05, 0.1) is 12.7 Å². The maximum atomic E-state index is 12.5. The third-order valence-corrected chi connectivity index (χ3v) is 3.53. The van der Waals surface area contributed by atoms with E-state index in [1.807, 2.05) is 24.3 Å². The molecular formula is C18H19F3N2O2. The maximum absolute atomic E-state index is 12.5. The molecule has 134 valence electrons. The summed E-state index contributed by atoms with van der Waals surface area (Å²) in [5.41, 5.74) is 0.569. The van der Waals surface area contributed by atoms with Gasteiger partial charge in [0.1, 0.15) is 5.75 Å². The van der Waals surface area contributed by atoms with Crippen molar-refractivity contribution in [2.45, 2.75) is 19.1 Å². The van der Waals surface area contributed by atoms with Crippen molar-refractivity contribution in [3.63, 3.8) is 0 Å². The number of ether oxygens (including phenoxy) is 1. The summed E-state index contributed by atoms with van der Waals surface area (Å²) in [7, 11) is 1.59. The van der Waals surface area contributed by atoms with Crippen molar-refractivity contribution in [3.05, 3.63) is 59.7 Å². The fourth-order valence-corrected chi connectivity index (χ4v) is 2.24. The predicted molar refractivity (Wildman–Crippen MR) is 89.4 cm³/mol. The molecule has 0 atom stereocenters. The Kier molecular flexibility index (Phi) is 6.41. The van der Waals surface area contributed by atoms with Crippen molar-refractivity contribution in [2.24, 2.45) is 0 Å². The number of rotatable bonds is 7. The van der Waals surface area contributed by atoms with Gasteiger partial charge in [-0.2, -0.15) is 13.2 Å². The van der Waals surface area contributed by atoms with E-state index in [0.29, 0.717) is 18.8 Å². The monoisotopic (exact) mass is 352 g/mol. The van der Waals surface area contributed by atoms with Crippen LogP contribution in [0.3, 0.4) is 0 Å². The van der Waals surface area contributed by atoms with Crippen LogP contribution in [-0.2, 0) is 17.5 Å². The van der Waals surface area contributed by atoms with Crippen LogP contribution in [0.1, 0.15) is 17.5 Å². The lowest BCUT2D eigenvalue weighted by Gasteiger charge is -2.10. The van der Waals surface area contributed by atoms with Crippen LogP contribution in [0.5, 0.6) is 5.75 Å². The van der Waals surface area contributed by atoms with Gasteiger partial charge < -0.3 is 15.4 Å². The third kappa shape index (κ3) is 5.79. The van der Waals surface area contributed by atoms with E-state index in [-0.39, 0.29) is 12.3 Å². The van der Waals surface area contributed by atoms with Gasteiger partial charge in [-0.15, -0.1) is 0 Å². The lowest BCUT2D eigenvalue weighted by atomic mass is 10.2. The molecule has 2 rings (SSSR count). The average Bonchev–Trinajstić information content (AvgIpc) is 2.58. The molecule has 7 heteroatoms. The summed E-state index contributed by atoms with van der Waals surface area (Å²) in [6.07, 6.45) is -4.18. The minimum Gasteiger partial charge on any atom is -0.496 e. The summed E-state index contributed by atoms with van der Waals surface area (Å²) in [5, 5.41) is 5.70. The standard InChI is InChI=1S/C18H19F3N2O2/c1-25-16-5-3-2-4-13(16)12-22-11-10-17(24)23-15-8-6-14(7-9-15)18(19,20)21/h2-9,22H,10-12H2,1H3,(H,23,24). The van der Waals surface area contributed by atoms with Crippen molar-refractivity contribution in [2.75, 3.05) is 19.0 Å². The highest BCUT2D eigenvalue weighted by Crippen LogP contribution is 2.29. The number of anilines is 1. The summed E-state index contributed by atoms with van der Waals surface area (Å²) < 4.78 is 42.7. The number of hydrogen-bond donors (Lipinski definition) is 2. The van der Waals surface area contributed by atoms with Gasteiger partial charge in [-0.05, 0) is 30.3 Å². The number of amides is 1. The van der Waals surface area contributed by atoms with E-state index >= 15 is 0 Å². The van der Waals surface area contributed by atoms with Crippen LogP contribution in [0.25, 0.3) is 0 Å². The van der Waals surface area contributed by atoms with Crippen molar-refractivity contribution in [3.8, 4) is 5.75 Å². The fourth-order valence-electron chi connectivity index (χ4n) is 2.24. The van der Waals surface area contributed by atoms with Crippen LogP contribution in [0.15, 0.2) is 48.5 Å². The highest BCUT2D eigenvalue weighted by atomic mass is 19.4. The molecule has 0 bridgehead atoms. The van der Waals surface area contributed by atoms with Crippen LogP contribution in [0.2, 0.25) is 0 Å². The molecule has 0 aromatic heterocycles. The van der Waals surface area contributed by atoms with Gasteiger partial charge >= 0.3 is 6.18 Å². The number of carbonyl (C=O) groups excluding carboxylic acids is 1. The molecule has 0 aliphatic rings. The molecule has 0 unspecified atom stereocenters. The number of methoxy groups -OCH3 is 1. The van der Waals surface area contributed by atoms with Gasteiger partial charge in [0, 0.05) is 30.8 Å². The van der Waals surface area contributed by atoms with Crippen LogP contribution in [-0.4, -0.2) is 19.6 Å². The van der Waals surface area contributed by atoms with Crippen LogP contribution >= 0.6 is 0 Å². The molecule has 2 aromatic carbocycles. The largest absolute Gasteiger partial charge is 0.496 e. The second-order valence-corrected chi connectivity index (χ2v) is 5.36. The van der Waals surface area contributed by atoms with Crippen LogP contribution in [0.4, 0.5) is 18.9 Å². The Hall–Kier alpha value is -2.54. The Morgan fingerprint density at radius 2 is 1.76 bits per heavy atom. The Bertz CT molecular complexity index is 700. The van der Waals surface area contributed by atoms with E-state index in [2.05, 4.69) is 10.6 Å². The first-order chi connectivity index (χ1) is 11.9. The third-order valence-electron chi connectivity index (χ3n) is 3.53. The molecule has 4 nitrogen and oxygen atoms in total. The highest BCUT2D eigenvalue weighted by molar-refractivity contribution is 5.90. The molecule has 0 aliphatic carbocycles. The lowest BCUT2D eigenvalue weighted by molar-refractivity contribution is -0.137. The Balaban J connectivity index is 1.75. The first kappa shape index (κ1) is 18.8. The molecule has 1 amide bonds. The van der Waals surface area contributed by atoms with Gasteiger partial charge in [-0.25, -0.2) is 0 Å². The van der Waals surface area contributed by atoms with Gasteiger partial charge in [0.25, 0.3) is 0 Å². The highest BCUT2D eigenvalue weighted by Gasteiger charge is 2.29. The Morgan fingerprint density at radius 3 is 2.40 bits per heavy atom. The number of carbonyl (C=O) groups is 1. The molecule has 0 spiro atoms. The maximum Gasteiger partial charge on any atom is 0.416 e. The molecule has 25 heavy (non-hydrogen) atoms. The first-order valence-electron chi connectivity index (χ1n) is 7.70. The van der Waals surface area contributed by atoms with E-state index < -0.39 is 11.7 Å². The molecule has 0 saturated carbocycles. The summed E-state index contributed by atoms with van der Waals surface area (Å²) in [4.78, 5) is 11.8. The zero-order chi connectivity index (χ0) is 18.3. The zero-order valence-corrected chi connectivity index (χ0v) is 13.7. The average molecular weight is 352 g/mol. The molecule has 2 N–H and O–H groups in total. The van der Waals surface area contributed by atoms with Gasteiger partial charge in [0.15, 0.2) is 0 Å². The van der Waals surface area contributed by atoms with Gasteiger partial charge in [-0.1, -0.05) is 18.2 Å². The van der Waals surface area contributed by atoms with Crippen molar-refractivity contribution >= 4 is 11.6 Å². The smallest absolute Gasteiger partial charge is 0.416 e. The van der Waals surface area contributed by atoms with E-state index in [9.17, 15) is 18.0 Å². The molecule has 0 fully saturated rings. The van der Waals surface area contributed by atoms with E-state index in [4.69, 9.17) is 4.74 Å². The second-order valence-electron chi connectivity index (χ2n) is 5.36.